The molecule has 9 nitrogen and oxygen atoms in total. The molecule has 0 unspecified atom stereocenters. The van der Waals surface area contributed by atoms with E-state index in [-0.39, 0.29) is 6.04 Å². The molecule has 0 N–H and O–H groups in total. The van der Waals surface area contributed by atoms with E-state index < -0.39 is 0 Å². The fourth-order valence-electron chi connectivity index (χ4n) is 5.95. The van der Waals surface area contributed by atoms with Crippen LogP contribution in [0.4, 0.5) is 11.8 Å². The third-order valence-corrected chi connectivity index (χ3v) is 7.96. The average Bonchev–Trinajstić information content (AvgIpc) is 3.52. The van der Waals surface area contributed by atoms with E-state index in [4.69, 9.17) is 19.2 Å². The maximum Gasteiger partial charge on any atom is 0.228 e. The Labute approximate surface area is 227 Å². The number of hydrogen-bond donors (Lipinski definition) is 0. The summed E-state index contributed by atoms with van der Waals surface area (Å²) in [6.07, 6.45) is 2.81. The molecule has 198 valence electrons. The molecule has 0 radical (unpaired) electrons. The van der Waals surface area contributed by atoms with E-state index in [1.807, 2.05) is 26.2 Å². The summed E-state index contributed by atoms with van der Waals surface area (Å²) in [5.74, 6) is 2.46. The second-order valence-corrected chi connectivity index (χ2v) is 10.4. The Morgan fingerprint density at radius 3 is 2.69 bits per heavy atom. The van der Waals surface area contributed by atoms with E-state index in [1.165, 1.54) is 11.3 Å². The second-order valence-electron chi connectivity index (χ2n) is 10.4. The molecule has 1 fully saturated rings. The minimum absolute atomic E-state index is 0.0531. The van der Waals surface area contributed by atoms with Gasteiger partial charge in [0.15, 0.2) is 0 Å². The monoisotopic (exact) mass is 521 g/mol. The van der Waals surface area contributed by atoms with Crippen molar-refractivity contribution in [2.45, 2.75) is 32.9 Å². The molecule has 3 aromatic heterocycles. The van der Waals surface area contributed by atoms with Gasteiger partial charge in [-0.25, -0.2) is 9.97 Å². The van der Waals surface area contributed by atoms with E-state index in [1.54, 1.807) is 0 Å². The maximum atomic E-state index is 5.98. The van der Waals surface area contributed by atoms with Gasteiger partial charge >= 0.3 is 0 Å². The first-order valence-electron chi connectivity index (χ1n) is 13.4. The van der Waals surface area contributed by atoms with Gasteiger partial charge in [0.25, 0.3) is 0 Å². The van der Waals surface area contributed by atoms with E-state index in [0.717, 1.165) is 70.5 Å². The van der Waals surface area contributed by atoms with Crippen molar-refractivity contribution in [3.63, 3.8) is 0 Å². The lowest BCUT2D eigenvalue weighted by Gasteiger charge is -2.38. The van der Waals surface area contributed by atoms with Crippen molar-refractivity contribution in [1.29, 1.82) is 0 Å². The van der Waals surface area contributed by atoms with Gasteiger partial charge in [-0.2, -0.15) is 4.98 Å². The molecule has 2 aromatic carbocycles. The van der Waals surface area contributed by atoms with Gasteiger partial charge in [-0.1, -0.05) is 41.6 Å². The van der Waals surface area contributed by atoms with Gasteiger partial charge in [0, 0.05) is 43.2 Å². The van der Waals surface area contributed by atoms with Crippen LogP contribution in [0.2, 0.25) is 0 Å². The van der Waals surface area contributed by atoms with Gasteiger partial charge in [0.05, 0.1) is 49.0 Å². The summed E-state index contributed by atoms with van der Waals surface area (Å²) in [6.45, 7) is 7.47. The van der Waals surface area contributed by atoms with E-state index in [9.17, 15) is 0 Å². The topological polar surface area (TPSA) is 85.3 Å². The average molecular weight is 522 g/mol. The normalized spacial score (nSPS) is 17.6. The Morgan fingerprint density at radius 2 is 1.87 bits per heavy atom. The van der Waals surface area contributed by atoms with Crippen LogP contribution in [0, 0.1) is 13.8 Å². The van der Waals surface area contributed by atoms with Gasteiger partial charge in [-0.3, -0.25) is 0 Å². The van der Waals surface area contributed by atoms with Gasteiger partial charge in [0.2, 0.25) is 5.95 Å². The van der Waals surface area contributed by atoms with Crippen LogP contribution in [-0.4, -0.2) is 51.0 Å². The van der Waals surface area contributed by atoms with Crippen LogP contribution in [0.5, 0.6) is 0 Å². The number of anilines is 2. The van der Waals surface area contributed by atoms with Gasteiger partial charge in [-0.15, -0.1) is 0 Å². The summed E-state index contributed by atoms with van der Waals surface area (Å²) in [4.78, 5) is 19.6. The highest BCUT2D eigenvalue weighted by molar-refractivity contribution is 5.94. The molecular weight excluding hydrogens is 490 g/mol. The fraction of sp³-hybridized carbons (Fsp3) is 0.333. The van der Waals surface area contributed by atoms with Crippen molar-refractivity contribution in [2.75, 3.05) is 36.1 Å². The minimum Gasteiger partial charge on any atom is -0.377 e. The Balaban J connectivity index is 1.39. The summed E-state index contributed by atoms with van der Waals surface area (Å²) in [7, 11) is 2.06. The third-order valence-electron chi connectivity index (χ3n) is 7.96. The number of fused-ring (bicyclic) bond motifs is 2. The highest BCUT2D eigenvalue weighted by atomic mass is 16.5. The molecule has 7 rings (SSSR count). The number of ether oxygens (including phenoxy) is 1. The molecule has 2 aliphatic rings. The van der Waals surface area contributed by atoms with E-state index in [2.05, 4.69) is 74.0 Å². The Hall–Kier alpha value is -4.24. The zero-order valence-corrected chi connectivity index (χ0v) is 22.5. The number of hydrogen-bond acceptors (Lipinski definition) is 8. The number of rotatable bonds is 4. The van der Waals surface area contributed by atoms with Crippen LogP contribution in [0.1, 0.15) is 34.4 Å². The SMILES string of the molecule is Cc1noc(C)c1-c1ccc2nc(N3CCc4c(ncn4C)C3)nc(N3CCOC[C@@H]3c3ccccc3)c2c1. The summed E-state index contributed by atoms with van der Waals surface area (Å²) in [5.41, 5.74) is 7.45. The van der Waals surface area contributed by atoms with Crippen LogP contribution < -0.4 is 9.80 Å². The van der Waals surface area contributed by atoms with E-state index >= 15 is 0 Å². The molecule has 0 aliphatic carbocycles. The lowest BCUT2D eigenvalue weighted by Crippen LogP contribution is -2.40. The Kier molecular flexibility index (Phi) is 5.81. The lowest BCUT2D eigenvalue weighted by molar-refractivity contribution is 0.0939. The first kappa shape index (κ1) is 23.8. The summed E-state index contributed by atoms with van der Waals surface area (Å²) >= 11 is 0. The van der Waals surface area contributed by atoms with Crippen LogP contribution >= 0.6 is 0 Å². The molecule has 5 heterocycles. The predicted molar refractivity (Wildman–Crippen MR) is 150 cm³/mol. The van der Waals surface area contributed by atoms with Crippen LogP contribution in [-0.2, 0) is 24.8 Å². The smallest absolute Gasteiger partial charge is 0.228 e. The molecule has 0 spiro atoms. The molecule has 1 saturated heterocycles. The number of aryl methyl sites for hydroxylation is 3. The number of imidazole rings is 1. The lowest BCUT2D eigenvalue weighted by atomic mass is 10.0. The molecule has 5 aromatic rings. The second kappa shape index (κ2) is 9.50. The molecule has 9 heteroatoms. The highest BCUT2D eigenvalue weighted by Gasteiger charge is 2.30. The number of aromatic nitrogens is 5. The van der Waals surface area contributed by atoms with Crippen LogP contribution in [0.15, 0.2) is 59.4 Å². The molecule has 0 saturated carbocycles. The minimum atomic E-state index is 0.0531. The molecule has 2 aliphatic heterocycles. The Bertz CT molecular complexity index is 1640. The summed E-state index contributed by atoms with van der Waals surface area (Å²) < 4.78 is 13.6. The number of nitrogens with zero attached hydrogens (tertiary/aromatic N) is 7. The van der Waals surface area contributed by atoms with Crippen molar-refractivity contribution in [3.05, 3.63) is 83.3 Å². The summed E-state index contributed by atoms with van der Waals surface area (Å²) in [5, 5.41) is 5.19. The first-order chi connectivity index (χ1) is 19.1. The van der Waals surface area contributed by atoms with Crippen LogP contribution in [0.3, 0.4) is 0 Å². The molecule has 0 bridgehead atoms. The first-order valence-corrected chi connectivity index (χ1v) is 13.4. The van der Waals surface area contributed by atoms with Crippen LogP contribution in [0.25, 0.3) is 22.0 Å². The van der Waals surface area contributed by atoms with E-state index in [0.29, 0.717) is 19.8 Å². The zero-order chi connectivity index (χ0) is 26.5. The molecule has 1 atom stereocenters. The van der Waals surface area contributed by atoms with Gasteiger partial charge in [0.1, 0.15) is 11.6 Å². The van der Waals surface area contributed by atoms with Crippen molar-refractivity contribution >= 4 is 22.7 Å². The van der Waals surface area contributed by atoms with Gasteiger partial charge in [-0.05, 0) is 37.1 Å². The Morgan fingerprint density at radius 1 is 1.00 bits per heavy atom. The molecular formula is C30H31N7O2. The summed E-state index contributed by atoms with van der Waals surface area (Å²) in [6, 6.07) is 17.0. The largest absolute Gasteiger partial charge is 0.377 e. The number of benzene rings is 2. The maximum absolute atomic E-state index is 5.98. The predicted octanol–water partition coefficient (Wildman–Crippen LogP) is 4.78. The van der Waals surface area contributed by atoms with Crippen molar-refractivity contribution in [3.8, 4) is 11.1 Å². The van der Waals surface area contributed by atoms with Crippen molar-refractivity contribution in [1.82, 2.24) is 24.7 Å². The standard InChI is InChI=1S/C30H31N7O2/c1-19-28(20(2)39-34-19)22-9-10-24-23(15-22)29(37-13-14-38-17-27(37)21-7-5-4-6-8-21)33-30(32-24)36-12-11-26-25(16-36)31-18-35(26)3/h4-10,15,18,27H,11-14,16-17H2,1-3H3/t27-/m1/s1. The fourth-order valence-corrected chi connectivity index (χ4v) is 5.95. The van der Waals surface area contributed by atoms with Crippen molar-refractivity contribution < 1.29 is 9.26 Å². The molecule has 0 amide bonds. The number of morpholine rings is 1. The zero-order valence-electron chi connectivity index (χ0n) is 22.5. The van der Waals surface area contributed by atoms with Crippen molar-refractivity contribution in [2.24, 2.45) is 7.05 Å². The molecule has 39 heavy (non-hydrogen) atoms. The third kappa shape index (κ3) is 4.13. The van der Waals surface area contributed by atoms with Gasteiger partial charge < -0.3 is 23.6 Å². The quantitative estimate of drug-likeness (QED) is 0.334. The highest BCUT2D eigenvalue weighted by Crippen LogP contribution is 2.38.